The second-order valence-electron chi connectivity index (χ2n) is 9.79. The molecule has 0 aliphatic carbocycles. The van der Waals surface area contributed by atoms with Crippen LogP contribution in [0.3, 0.4) is 0 Å². The minimum Gasteiger partial charge on any atom is -0.393 e. The number of aromatic nitrogens is 1. The van der Waals surface area contributed by atoms with Crippen molar-refractivity contribution in [1.29, 1.82) is 0 Å². The Kier molecular flexibility index (Phi) is 4.65. The highest BCUT2D eigenvalue weighted by Crippen LogP contribution is 2.57. The van der Waals surface area contributed by atoms with Gasteiger partial charge >= 0.3 is 0 Å². The van der Waals surface area contributed by atoms with Crippen LogP contribution in [0.4, 0.5) is 0 Å². The highest BCUT2D eigenvalue weighted by Gasteiger charge is 2.52. The molecule has 0 radical (unpaired) electrons. The molecule has 160 valence electrons. The van der Waals surface area contributed by atoms with E-state index in [0.717, 1.165) is 25.2 Å². The topological polar surface area (TPSA) is 33.0 Å². The SMILES string of the molecule is CC[C@]12CCCN3CCc4c(n(c5ccccc45)/C(=N\OCCN4CCCC4)C1)[C@@H]32. The van der Waals surface area contributed by atoms with Gasteiger partial charge in [-0.25, -0.2) is 0 Å². The average molecular weight is 407 g/mol. The zero-order chi connectivity index (χ0) is 20.1. The highest BCUT2D eigenvalue weighted by atomic mass is 16.6. The summed E-state index contributed by atoms with van der Waals surface area (Å²) in [5, 5.41) is 6.24. The third-order valence-corrected chi connectivity index (χ3v) is 8.33. The maximum Gasteiger partial charge on any atom is 0.153 e. The lowest BCUT2D eigenvalue weighted by molar-refractivity contribution is -0.00494. The molecule has 4 aliphatic heterocycles. The minimum atomic E-state index is 0.301. The van der Waals surface area contributed by atoms with Crippen LogP contribution in [0.25, 0.3) is 10.9 Å². The van der Waals surface area contributed by atoms with Crippen molar-refractivity contribution in [3.05, 3.63) is 35.5 Å². The maximum atomic E-state index is 5.98. The number of para-hydroxylation sites is 1. The molecule has 4 aliphatic rings. The molecule has 0 unspecified atom stereocenters. The summed E-state index contributed by atoms with van der Waals surface area (Å²) in [6, 6.07) is 9.49. The number of hydrogen-bond donors (Lipinski definition) is 0. The van der Waals surface area contributed by atoms with E-state index < -0.39 is 0 Å². The van der Waals surface area contributed by atoms with Crippen LogP contribution in [0.5, 0.6) is 0 Å². The Labute approximate surface area is 179 Å². The van der Waals surface area contributed by atoms with Crippen molar-refractivity contribution in [2.75, 3.05) is 39.3 Å². The van der Waals surface area contributed by atoms with Crippen molar-refractivity contribution >= 4 is 16.7 Å². The quantitative estimate of drug-likeness (QED) is 0.545. The average Bonchev–Trinajstić information content (AvgIpc) is 3.42. The highest BCUT2D eigenvalue weighted by molar-refractivity contribution is 6.00. The molecule has 0 saturated carbocycles. The summed E-state index contributed by atoms with van der Waals surface area (Å²) in [7, 11) is 0. The predicted octanol–water partition coefficient (Wildman–Crippen LogP) is 4.41. The van der Waals surface area contributed by atoms with Crippen LogP contribution in [0.2, 0.25) is 0 Å². The first-order valence-electron chi connectivity index (χ1n) is 12.1. The van der Waals surface area contributed by atoms with Gasteiger partial charge in [0.2, 0.25) is 0 Å². The maximum absolute atomic E-state index is 5.98. The summed E-state index contributed by atoms with van der Waals surface area (Å²) in [5.41, 5.74) is 4.71. The van der Waals surface area contributed by atoms with E-state index in [1.165, 1.54) is 74.9 Å². The summed E-state index contributed by atoms with van der Waals surface area (Å²) < 4.78 is 2.48. The van der Waals surface area contributed by atoms with Crippen LogP contribution in [-0.2, 0) is 11.3 Å². The number of fused-ring (bicyclic) bond motifs is 3. The van der Waals surface area contributed by atoms with Crippen LogP contribution >= 0.6 is 0 Å². The van der Waals surface area contributed by atoms with Gasteiger partial charge < -0.3 is 4.84 Å². The lowest BCUT2D eigenvalue weighted by Crippen LogP contribution is -2.53. The van der Waals surface area contributed by atoms with Crippen molar-refractivity contribution in [3.8, 4) is 0 Å². The molecule has 1 aromatic carbocycles. The Morgan fingerprint density at radius 3 is 2.83 bits per heavy atom. The Bertz CT molecular complexity index is 973. The smallest absolute Gasteiger partial charge is 0.153 e. The summed E-state index contributed by atoms with van der Waals surface area (Å²) in [4.78, 5) is 11.2. The summed E-state index contributed by atoms with van der Waals surface area (Å²) in [6.45, 7) is 8.95. The van der Waals surface area contributed by atoms with E-state index >= 15 is 0 Å². The third-order valence-electron chi connectivity index (χ3n) is 8.33. The van der Waals surface area contributed by atoms with E-state index in [4.69, 9.17) is 9.99 Å². The normalized spacial score (nSPS) is 30.2. The van der Waals surface area contributed by atoms with Crippen LogP contribution in [0.1, 0.15) is 62.7 Å². The standard InChI is InChI=1S/C25H34N4O/c1-2-25-11-7-14-28-15-10-20-19-8-3-4-9-21(19)29(23(20)24(25)28)22(18-25)26-30-17-16-27-12-5-6-13-27/h3-4,8-9,24H,2,5-7,10-18H2,1H3/b26-22-/t24-,25+/m1/s1. The van der Waals surface area contributed by atoms with Gasteiger partial charge in [0.25, 0.3) is 0 Å². The lowest BCUT2D eigenvalue weighted by Gasteiger charge is -2.55. The van der Waals surface area contributed by atoms with Crippen LogP contribution in [0, 0.1) is 5.41 Å². The molecule has 5 heterocycles. The van der Waals surface area contributed by atoms with Gasteiger partial charge in [-0.15, -0.1) is 0 Å². The molecule has 0 amide bonds. The molecule has 2 atom stereocenters. The number of rotatable bonds is 5. The molecular formula is C25H34N4O. The van der Waals surface area contributed by atoms with Gasteiger partial charge in [0.05, 0.1) is 11.6 Å². The van der Waals surface area contributed by atoms with Crippen LogP contribution < -0.4 is 0 Å². The molecule has 5 heteroatoms. The van der Waals surface area contributed by atoms with Crippen molar-refractivity contribution in [2.45, 2.75) is 57.9 Å². The summed E-state index contributed by atoms with van der Waals surface area (Å²) in [6.07, 6.45) is 8.66. The number of piperidine rings is 1. The molecule has 0 N–H and O–H groups in total. The van der Waals surface area contributed by atoms with Gasteiger partial charge in [-0.05, 0) is 75.2 Å². The Morgan fingerprint density at radius 1 is 1.10 bits per heavy atom. The van der Waals surface area contributed by atoms with Gasteiger partial charge in [-0.2, -0.15) is 0 Å². The van der Waals surface area contributed by atoms with E-state index in [1.54, 1.807) is 5.56 Å². The van der Waals surface area contributed by atoms with Crippen molar-refractivity contribution < 1.29 is 4.84 Å². The molecule has 1 aromatic heterocycles. The largest absolute Gasteiger partial charge is 0.393 e. The molecule has 2 saturated heterocycles. The molecular weight excluding hydrogens is 372 g/mol. The molecule has 0 spiro atoms. The van der Waals surface area contributed by atoms with Gasteiger partial charge in [-0.1, -0.05) is 30.3 Å². The van der Waals surface area contributed by atoms with Gasteiger partial charge in [0, 0.05) is 30.6 Å². The molecule has 6 rings (SSSR count). The lowest BCUT2D eigenvalue weighted by atomic mass is 9.64. The Hall–Kier alpha value is -1.85. The predicted molar refractivity (Wildman–Crippen MR) is 121 cm³/mol. The number of benzene rings is 1. The van der Waals surface area contributed by atoms with E-state index in [0.29, 0.717) is 18.1 Å². The second kappa shape index (κ2) is 7.38. The first-order chi connectivity index (χ1) is 14.8. The molecule has 2 aromatic rings. The molecule has 5 nitrogen and oxygen atoms in total. The number of hydrogen-bond acceptors (Lipinski definition) is 4. The van der Waals surface area contributed by atoms with Crippen molar-refractivity contribution in [1.82, 2.24) is 14.4 Å². The fraction of sp³-hybridized carbons (Fsp3) is 0.640. The summed E-state index contributed by atoms with van der Waals surface area (Å²) >= 11 is 0. The number of nitrogens with zero attached hydrogens (tertiary/aromatic N) is 4. The minimum absolute atomic E-state index is 0.301. The second-order valence-corrected chi connectivity index (χ2v) is 9.79. The number of likely N-dealkylation sites (tertiary alicyclic amines) is 1. The fourth-order valence-electron chi connectivity index (χ4n) is 6.84. The van der Waals surface area contributed by atoms with Crippen LogP contribution in [-0.4, -0.2) is 59.5 Å². The van der Waals surface area contributed by atoms with E-state index in [1.807, 2.05) is 0 Å². The first kappa shape index (κ1) is 18.9. The van der Waals surface area contributed by atoms with Crippen molar-refractivity contribution in [3.63, 3.8) is 0 Å². The molecule has 30 heavy (non-hydrogen) atoms. The Morgan fingerprint density at radius 2 is 1.97 bits per heavy atom. The van der Waals surface area contributed by atoms with E-state index in [9.17, 15) is 0 Å². The van der Waals surface area contributed by atoms with E-state index in [2.05, 4.69) is 45.6 Å². The van der Waals surface area contributed by atoms with E-state index in [-0.39, 0.29) is 0 Å². The van der Waals surface area contributed by atoms with Crippen molar-refractivity contribution in [2.24, 2.45) is 10.6 Å². The summed E-state index contributed by atoms with van der Waals surface area (Å²) in [5.74, 6) is 1.13. The monoisotopic (exact) mass is 406 g/mol. The zero-order valence-corrected chi connectivity index (χ0v) is 18.3. The molecule has 2 fully saturated rings. The Balaban J connectivity index is 1.42. The third kappa shape index (κ3) is 2.78. The van der Waals surface area contributed by atoms with Gasteiger partial charge in [0.1, 0.15) is 6.61 Å². The fourth-order valence-corrected chi connectivity index (χ4v) is 6.84. The molecule has 0 bridgehead atoms. The number of oxime groups is 1. The van der Waals surface area contributed by atoms with Crippen LogP contribution in [0.15, 0.2) is 29.4 Å². The van der Waals surface area contributed by atoms with Gasteiger partial charge in [0.15, 0.2) is 5.84 Å². The zero-order valence-electron chi connectivity index (χ0n) is 18.3. The first-order valence-corrected chi connectivity index (χ1v) is 12.1. The van der Waals surface area contributed by atoms with Gasteiger partial charge in [-0.3, -0.25) is 14.4 Å².